The predicted molar refractivity (Wildman–Crippen MR) is 85.1 cm³/mol. The Morgan fingerprint density at radius 1 is 1.14 bits per heavy atom. The molecule has 0 aromatic heterocycles. The molecular formula is C17H25NO4. The van der Waals surface area contributed by atoms with Crippen LogP contribution in [0.1, 0.15) is 38.7 Å². The van der Waals surface area contributed by atoms with Crippen LogP contribution in [0.15, 0.2) is 24.3 Å². The molecule has 0 spiro atoms. The van der Waals surface area contributed by atoms with Crippen molar-refractivity contribution in [1.29, 1.82) is 0 Å². The SMILES string of the molecule is CCCOc1ccc(CCC(=O)N(CCC)CC(=O)O)cc1. The summed E-state index contributed by atoms with van der Waals surface area (Å²) in [6.45, 7) is 4.93. The van der Waals surface area contributed by atoms with Gasteiger partial charge in [0, 0.05) is 13.0 Å². The van der Waals surface area contributed by atoms with Gasteiger partial charge in [0.1, 0.15) is 12.3 Å². The van der Waals surface area contributed by atoms with E-state index in [0.29, 0.717) is 26.0 Å². The number of aliphatic carboxylic acids is 1. The number of carboxylic acids is 1. The average Bonchev–Trinajstić information content (AvgIpc) is 2.50. The highest BCUT2D eigenvalue weighted by Gasteiger charge is 2.15. The van der Waals surface area contributed by atoms with Crippen LogP contribution in [0.25, 0.3) is 0 Å². The van der Waals surface area contributed by atoms with Gasteiger partial charge in [-0.2, -0.15) is 0 Å². The summed E-state index contributed by atoms with van der Waals surface area (Å²) in [6.07, 6.45) is 2.64. The summed E-state index contributed by atoms with van der Waals surface area (Å²) in [5.41, 5.74) is 1.05. The fraction of sp³-hybridized carbons (Fsp3) is 0.529. The minimum absolute atomic E-state index is 0.115. The van der Waals surface area contributed by atoms with E-state index in [-0.39, 0.29) is 12.5 Å². The number of hydrogen-bond acceptors (Lipinski definition) is 3. The maximum Gasteiger partial charge on any atom is 0.323 e. The van der Waals surface area contributed by atoms with Gasteiger partial charge in [0.05, 0.1) is 6.61 Å². The van der Waals surface area contributed by atoms with Gasteiger partial charge in [0.2, 0.25) is 5.91 Å². The van der Waals surface area contributed by atoms with E-state index in [4.69, 9.17) is 9.84 Å². The van der Waals surface area contributed by atoms with Gasteiger partial charge in [0.15, 0.2) is 0 Å². The monoisotopic (exact) mass is 307 g/mol. The van der Waals surface area contributed by atoms with Crippen LogP contribution in [0.3, 0.4) is 0 Å². The molecule has 1 N–H and O–H groups in total. The van der Waals surface area contributed by atoms with Gasteiger partial charge in [-0.15, -0.1) is 0 Å². The number of amides is 1. The topological polar surface area (TPSA) is 66.8 Å². The highest BCUT2D eigenvalue weighted by atomic mass is 16.5. The van der Waals surface area contributed by atoms with E-state index in [0.717, 1.165) is 24.2 Å². The third-order valence-electron chi connectivity index (χ3n) is 3.20. The van der Waals surface area contributed by atoms with Crippen LogP contribution >= 0.6 is 0 Å². The molecule has 0 aliphatic heterocycles. The Bertz CT molecular complexity index is 470. The Labute approximate surface area is 131 Å². The van der Waals surface area contributed by atoms with Gasteiger partial charge in [-0.3, -0.25) is 9.59 Å². The van der Waals surface area contributed by atoms with Crippen LogP contribution in [-0.2, 0) is 16.0 Å². The van der Waals surface area contributed by atoms with Crippen LogP contribution in [0.4, 0.5) is 0 Å². The summed E-state index contributed by atoms with van der Waals surface area (Å²) in [5, 5.41) is 8.84. The summed E-state index contributed by atoms with van der Waals surface area (Å²) in [5.74, 6) is -0.259. The maximum atomic E-state index is 12.1. The largest absolute Gasteiger partial charge is 0.494 e. The first-order chi connectivity index (χ1) is 10.6. The third-order valence-corrected chi connectivity index (χ3v) is 3.20. The maximum absolute atomic E-state index is 12.1. The van der Waals surface area contributed by atoms with E-state index in [1.165, 1.54) is 4.90 Å². The molecule has 0 saturated carbocycles. The zero-order valence-electron chi connectivity index (χ0n) is 13.4. The van der Waals surface area contributed by atoms with E-state index in [9.17, 15) is 9.59 Å². The van der Waals surface area contributed by atoms with Gasteiger partial charge in [-0.05, 0) is 37.0 Å². The molecule has 0 radical (unpaired) electrons. The molecule has 0 aliphatic carbocycles. The third kappa shape index (κ3) is 6.61. The second-order valence-electron chi connectivity index (χ2n) is 5.20. The molecule has 1 rings (SSSR count). The number of carboxylic acid groups (broad SMARTS) is 1. The smallest absolute Gasteiger partial charge is 0.323 e. The number of hydrogen-bond donors (Lipinski definition) is 1. The number of nitrogens with zero attached hydrogens (tertiary/aromatic N) is 1. The summed E-state index contributed by atoms with van der Waals surface area (Å²) >= 11 is 0. The molecule has 1 aromatic carbocycles. The minimum atomic E-state index is -0.973. The number of ether oxygens (including phenoxy) is 1. The van der Waals surface area contributed by atoms with Crippen molar-refractivity contribution in [3.8, 4) is 5.75 Å². The highest BCUT2D eigenvalue weighted by molar-refractivity contribution is 5.81. The van der Waals surface area contributed by atoms with Gasteiger partial charge >= 0.3 is 5.97 Å². The highest BCUT2D eigenvalue weighted by Crippen LogP contribution is 2.14. The summed E-state index contributed by atoms with van der Waals surface area (Å²) in [7, 11) is 0. The zero-order valence-corrected chi connectivity index (χ0v) is 13.4. The molecule has 5 heteroatoms. The van der Waals surface area contributed by atoms with Crippen molar-refractivity contribution in [2.75, 3.05) is 19.7 Å². The van der Waals surface area contributed by atoms with Gasteiger partial charge in [-0.25, -0.2) is 0 Å². The molecule has 0 atom stereocenters. The van der Waals surface area contributed by atoms with Crippen molar-refractivity contribution < 1.29 is 19.4 Å². The van der Waals surface area contributed by atoms with E-state index >= 15 is 0 Å². The first-order valence-corrected chi connectivity index (χ1v) is 7.78. The van der Waals surface area contributed by atoms with E-state index in [1.54, 1.807) is 0 Å². The number of benzene rings is 1. The molecule has 122 valence electrons. The molecule has 0 fully saturated rings. The molecule has 0 aliphatic rings. The Kier molecular flexibility index (Phi) is 8.04. The Balaban J connectivity index is 2.49. The molecule has 0 heterocycles. The molecule has 5 nitrogen and oxygen atoms in total. The standard InChI is InChI=1S/C17H25NO4/c1-3-11-18(13-17(20)21)16(19)10-7-14-5-8-15(9-6-14)22-12-4-2/h5-6,8-9H,3-4,7,10-13H2,1-2H3,(H,20,21). The Morgan fingerprint density at radius 2 is 1.82 bits per heavy atom. The summed E-state index contributed by atoms with van der Waals surface area (Å²) in [4.78, 5) is 24.3. The van der Waals surface area contributed by atoms with Crippen molar-refractivity contribution >= 4 is 11.9 Å². The molecule has 0 bridgehead atoms. The number of aryl methyl sites for hydroxylation is 1. The van der Waals surface area contributed by atoms with Gasteiger partial charge in [0.25, 0.3) is 0 Å². The lowest BCUT2D eigenvalue weighted by Crippen LogP contribution is -2.36. The molecular weight excluding hydrogens is 282 g/mol. The quantitative estimate of drug-likeness (QED) is 0.722. The van der Waals surface area contributed by atoms with Crippen molar-refractivity contribution in [3.05, 3.63) is 29.8 Å². The van der Waals surface area contributed by atoms with Crippen molar-refractivity contribution in [2.24, 2.45) is 0 Å². The van der Waals surface area contributed by atoms with Crippen molar-refractivity contribution in [1.82, 2.24) is 4.90 Å². The Hall–Kier alpha value is -2.04. The lowest BCUT2D eigenvalue weighted by Gasteiger charge is -2.19. The Morgan fingerprint density at radius 3 is 2.36 bits per heavy atom. The van der Waals surface area contributed by atoms with Crippen LogP contribution in [0, 0.1) is 0 Å². The van der Waals surface area contributed by atoms with Crippen LogP contribution < -0.4 is 4.74 Å². The normalized spacial score (nSPS) is 10.3. The summed E-state index contributed by atoms with van der Waals surface area (Å²) in [6, 6.07) is 7.69. The lowest BCUT2D eigenvalue weighted by atomic mass is 10.1. The zero-order chi connectivity index (χ0) is 16.4. The number of rotatable bonds is 10. The second kappa shape index (κ2) is 9.82. The average molecular weight is 307 g/mol. The number of carbonyl (C=O) groups is 2. The molecule has 22 heavy (non-hydrogen) atoms. The molecule has 1 aromatic rings. The van der Waals surface area contributed by atoms with E-state index in [1.807, 2.05) is 31.2 Å². The lowest BCUT2D eigenvalue weighted by molar-refractivity contribution is -0.144. The first kappa shape index (κ1) is 18.0. The fourth-order valence-corrected chi connectivity index (χ4v) is 2.11. The summed E-state index contributed by atoms with van der Waals surface area (Å²) < 4.78 is 5.51. The predicted octanol–water partition coefficient (Wildman–Crippen LogP) is 2.73. The molecule has 0 unspecified atom stereocenters. The first-order valence-electron chi connectivity index (χ1n) is 7.78. The minimum Gasteiger partial charge on any atom is -0.494 e. The van der Waals surface area contributed by atoms with E-state index < -0.39 is 5.97 Å². The number of carbonyl (C=O) groups excluding carboxylic acids is 1. The molecule has 1 amide bonds. The van der Waals surface area contributed by atoms with Crippen LogP contribution in [0.5, 0.6) is 5.75 Å². The van der Waals surface area contributed by atoms with E-state index in [2.05, 4.69) is 6.92 Å². The van der Waals surface area contributed by atoms with Crippen LogP contribution in [0.2, 0.25) is 0 Å². The van der Waals surface area contributed by atoms with Crippen molar-refractivity contribution in [3.63, 3.8) is 0 Å². The second-order valence-corrected chi connectivity index (χ2v) is 5.20. The van der Waals surface area contributed by atoms with Gasteiger partial charge in [-0.1, -0.05) is 26.0 Å². The molecule has 0 saturated heterocycles. The fourth-order valence-electron chi connectivity index (χ4n) is 2.11. The van der Waals surface area contributed by atoms with Crippen molar-refractivity contribution in [2.45, 2.75) is 39.5 Å². The van der Waals surface area contributed by atoms with Crippen LogP contribution in [-0.4, -0.2) is 41.6 Å². The van der Waals surface area contributed by atoms with Gasteiger partial charge < -0.3 is 14.7 Å².